The first kappa shape index (κ1) is 16.2. The van der Waals surface area contributed by atoms with Crippen LogP contribution in [0.4, 0.5) is 5.82 Å². The summed E-state index contributed by atoms with van der Waals surface area (Å²) in [5.74, 6) is 1.41. The minimum Gasteiger partial charge on any atom is -0.393 e. The van der Waals surface area contributed by atoms with Gasteiger partial charge < -0.3 is 16.2 Å². The fourth-order valence-corrected chi connectivity index (χ4v) is 5.52. The first-order chi connectivity index (χ1) is 11.6. The second-order valence-electron chi connectivity index (χ2n) is 7.42. The lowest BCUT2D eigenvalue weighted by molar-refractivity contribution is 0.174. The van der Waals surface area contributed by atoms with Crippen molar-refractivity contribution in [3.63, 3.8) is 0 Å². The Morgan fingerprint density at radius 2 is 2.08 bits per heavy atom. The molecule has 0 bridgehead atoms. The Labute approximate surface area is 146 Å². The molecule has 0 aliphatic heterocycles. The zero-order valence-electron chi connectivity index (χ0n) is 14.2. The Balaban J connectivity index is 1.66. The van der Waals surface area contributed by atoms with E-state index < -0.39 is 0 Å². The Morgan fingerprint density at radius 3 is 2.83 bits per heavy atom. The smallest absolute Gasteiger partial charge is 0.138 e. The van der Waals surface area contributed by atoms with E-state index in [0.29, 0.717) is 18.0 Å². The molecule has 5 nitrogen and oxygen atoms in total. The van der Waals surface area contributed by atoms with Gasteiger partial charge in [-0.3, -0.25) is 0 Å². The molecule has 24 heavy (non-hydrogen) atoms. The van der Waals surface area contributed by atoms with Gasteiger partial charge in [0.25, 0.3) is 0 Å². The van der Waals surface area contributed by atoms with Gasteiger partial charge in [0.05, 0.1) is 11.5 Å². The van der Waals surface area contributed by atoms with Gasteiger partial charge in [-0.15, -0.1) is 11.3 Å². The van der Waals surface area contributed by atoms with Crippen molar-refractivity contribution in [1.82, 2.24) is 9.97 Å². The number of aliphatic hydroxyl groups is 1. The zero-order valence-corrected chi connectivity index (χ0v) is 15.0. The minimum atomic E-state index is -0.267. The standard InChI is InChI=1S/C18H26N4OS/c1-10(23)8-11-2-7-14-15(11)16-17(20-9-21-18(16)24-14)22-13-5-3-12(19)4-6-13/h9-13,23H,2-8,19H2,1H3,(H,20,21,22)/t10-,11-,12?,13?/m1/s1. The van der Waals surface area contributed by atoms with Crippen molar-refractivity contribution in [2.45, 2.75) is 76.0 Å². The molecule has 6 heteroatoms. The highest BCUT2D eigenvalue weighted by Gasteiger charge is 2.31. The van der Waals surface area contributed by atoms with Crippen LogP contribution in [0.25, 0.3) is 10.2 Å². The van der Waals surface area contributed by atoms with Crippen molar-refractivity contribution >= 4 is 27.4 Å². The Kier molecular flexibility index (Phi) is 4.45. The molecule has 2 aliphatic carbocycles. The summed E-state index contributed by atoms with van der Waals surface area (Å²) in [4.78, 5) is 11.6. The van der Waals surface area contributed by atoms with Crippen LogP contribution in [-0.4, -0.2) is 33.3 Å². The summed E-state index contributed by atoms with van der Waals surface area (Å²) in [7, 11) is 0. The maximum absolute atomic E-state index is 9.85. The number of fused-ring (bicyclic) bond motifs is 3. The number of nitrogens with one attached hydrogen (secondary N) is 1. The van der Waals surface area contributed by atoms with E-state index in [1.165, 1.54) is 15.8 Å². The van der Waals surface area contributed by atoms with Gasteiger partial charge in [0, 0.05) is 17.0 Å². The maximum atomic E-state index is 9.85. The molecule has 1 fully saturated rings. The van der Waals surface area contributed by atoms with E-state index in [-0.39, 0.29) is 6.10 Å². The number of aryl methyl sites for hydroxylation is 1. The predicted octanol–water partition coefficient (Wildman–Crippen LogP) is 3.17. The molecule has 0 amide bonds. The molecule has 2 heterocycles. The fraction of sp³-hybridized carbons (Fsp3) is 0.667. The Bertz CT molecular complexity index is 721. The number of anilines is 1. The predicted molar refractivity (Wildman–Crippen MR) is 98.6 cm³/mol. The molecular weight excluding hydrogens is 320 g/mol. The van der Waals surface area contributed by atoms with Gasteiger partial charge >= 0.3 is 0 Å². The summed E-state index contributed by atoms with van der Waals surface area (Å²) < 4.78 is 0. The molecular formula is C18H26N4OS. The molecule has 0 radical (unpaired) electrons. The summed E-state index contributed by atoms with van der Waals surface area (Å²) in [5, 5.41) is 14.7. The van der Waals surface area contributed by atoms with Crippen LogP contribution in [-0.2, 0) is 6.42 Å². The lowest BCUT2D eigenvalue weighted by Crippen LogP contribution is -2.33. The summed E-state index contributed by atoms with van der Waals surface area (Å²) in [6.45, 7) is 1.88. The van der Waals surface area contributed by atoms with E-state index in [4.69, 9.17) is 5.73 Å². The largest absolute Gasteiger partial charge is 0.393 e. The summed E-state index contributed by atoms with van der Waals surface area (Å²) in [6, 6.07) is 0.810. The van der Waals surface area contributed by atoms with Crippen molar-refractivity contribution in [3.8, 4) is 0 Å². The summed E-state index contributed by atoms with van der Waals surface area (Å²) in [5.41, 5.74) is 7.42. The monoisotopic (exact) mass is 346 g/mol. The van der Waals surface area contributed by atoms with Gasteiger partial charge in [0.15, 0.2) is 0 Å². The van der Waals surface area contributed by atoms with Crippen molar-refractivity contribution in [2.24, 2.45) is 5.73 Å². The molecule has 2 aromatic rings. The Hall–Kier alpha value is -1.24. The summed E-state index contributed by atoms with van der Waals surface area (Å²) in [6.07, 6.45) is 8.85. The highest BCUT2D eigenvalue weighted by Crippen LogP contribution is 2.47. The number of aliphatic hydroxyl groups excluding tert-OH is 1. The molecule has 0 aromatic carbocycles. The second-order valence-corrected chi connectivity index (χ2v) is 8.50. The molecule has 0 spiro atoms. The topological polar surface area (TPSA) is 84.1 Å². The molecule has 4 N–H and O–H groups in total. The molecule has 2 atom stereocenters. The second kappa shape index (κ2) is 6.58. The molecule has 1 saturated carbocycles. The third-order valence-electron chi connectivity index (χ3n) is 5.47. The van der Waals surface area contributed by atoms with Gasteiger partial charge in [0.2, 0.25) is 0 Å². The van der Waals surface area contributed by atoms with Crippen molar-refractivity contribution < 1.29 is 5.11 Å². The van der Waals surface area contributed by atoms with E-state index in [2.05, 4.69) is 15.3 Å². The first-order valence-electron chi connectivity index (χ1n) is 9.08. The number of hydrogen-bond donors (Lipinski definition) is 3. The van der Waals surface area contributed by atoms with E-state index >= 15 is 0 Å². The molecule has 0 unspecified atom stereocenters. The summed E-state index contributed by atoms with van der Waals surface area (Å²) >= 11 is 1.80. The average Bonchev–Trinajstić information content (AvgIpc) is 3.09. The molecule has 2 aromatic heterocycles. The number of hydrogen-bond acceptors (Lipinski definition) is 6. The van der Waals surface area contributed by atoms with Crippen LogP contribution in [0.3, 0.4) is 0 Å². The lowest BCUT2D eigenvalue weighted by atomic mass is 9.91. The van der Waals surface area contributed by atoms with Gasteiger partial charge in [-0.1, -0.05) is 0 Å². The van der Waals surface area contributed by atoms with Gasteiger partial charge in [-0.25, -0.2) is 9.97 Å². The number of nitrogens with two attached hydrogens (primary N) is 1. The number of nitrogens with zero attached hydrogens (tertiary/aromatic N) is 2. The molecule has 2 aliphatic rings. The van der Waals surface area contributed by atoms with E-state index in [0.717, 1.165) is 55.6 Å². The average molecular weight is 347 g/mol. The van der Waals surface area contributed by atoms with Crippen LogP contribution in [0.5, 0.6) is 0 Å². The van der Waals surface area contributed by atoms with Crippen molar-refractivity contribution in [2.75, 3.05) is 5.32 Å². The van der Waals surface area contributed by atoms with Crippen LogP contribution in [0.15, 0.2) is 6.33 Å². The quantitative estimate of drug-likeness (QED) is 0.792. The first-order valence-corrected chi connectivity index (χ1v) is 9.90. The highest BCUT2D eigenvalue weighted by molar-refractivity contribution is 7.19. The van der Waals surface area contributed by atoms with Crippen molar-refractivity contribution in [1.29, 1.82) is 0 Å². The number of thiophene rings is 1. The zero-order chi connectivity index (χ0) is 16.7. The SMILES string of the molecule is C[C@@H](O)C[C@H]1CCc2sc3ncnc(NC4CCC(N)CC4)c3c21. The van der Waals surface area contributed by atoms with Crippen LogP contribution < -0.4 is 11.1 Å². The highest BCUT2D eigenvalue weighted by atomic mass is 32.1. The van der Waals surface area contributed by atoms with Crippen LogP contribution in [0, 0.1) is 0 Å². The maximum Gasteiger partial charge on any atom is 0.138 e. The van der Waals surface area contributed by atoms with Crippen LogP contribution in [0.2, 0.25) is 0 Å². The van der Waals surface area contributed by atoms with Gasteiger partial charge in [-0.2, -0.15) is 0 Å². The molecule has 0 saturated heterocycles. The minimum absolute atomic E-state index is 0.267. The molecule has 130 valence electrons. The van der Waals surface area contributed by atoms with Crippen LogP contribution in [0.1, 0.15) is 61.8 Å². The third-order valence-corrected chi connectivity index (χ3v) is 6.64. The van der Waals surface area contributed by atoms with Gasteiger partial charge in [0.1, 0.15) is 17.0 Å². The van der Waals surface area contributed by atoms with Crippen LogP contribution >= 0.6 is 11.3 Å². The fourth-order valence-electron chi connectivity index (χ4n) is 4.28. The lowest BCUT2D eigenvalue weighted by Gasteiger charge is -2.27. The van der Waals surface area contributed by atoms with E-state index in [1.54, 1.807) is 17.7 Å². The van der Waals surface area contributed by atoms with Crippen molar-refractivity contribution in [3.05, 3.63) is 16.8 Å². The molecule has 4 rings (SSSR count). The van der Waals surface area contributed by atoms with E-state index in [9.17, 15) is 5.11 Å². The number of rotatable bonds is 4. The Morgan fingerprint density at radius 1 is 1.29 bits per heavy atom. The van der Waals surface area contributed by atoms with E-state index in [1.807, 2.05) is 6.92 Å². The van der Waals surface area contributed by atoms with Gasteiger partial charge in [-0.05, 0) is 63.4 Å². The third kappa shape index (κ3) is 3.03. The number of aromatic nitrogens is 2. The normalized spacial score (nSPS) is 28.0.